The van der Waals surface area contributed by atoms with E-state index in [1.165, 1.54) is 12.7 Å². The molecule has 0 aliphatic carbocycles. The van der Waals surface area contributed by atoms with Crippen molar-refractivity contribution in [2.45, 2.75) is 6.54 Å². The first-order valence-electron chi connectivity index (χ1n) is 5.72. The smallest absolute Gasteiger partial charge is 0.153 e. The SMILES string of the molecule is c1ccc(N=C(Cn2cncn2)n2cncn2)cc1. The molecule has 0 spiro atoms. The summed E-state index contributed by atoms with van der Waals surface area (Å²) in [7, 11) is 0. The second-order valence-electron chi connectivity index (χ2n) is 3.80. The van der Waals surface area contributed by atoms with E-state index in [9.17, 15) is 0 Å². The third-order valence-electron chi connectivity index (χ3n) is 2.47. The minimum absolute atomic E-state index is 0.470. The first-order valence-corrected chi connectivity index (χ1v) is 5.72. The maximum Gasteiger partial charge on any atom is 0.153 e. The van der Waals surface area contributed by atoms with Crippen LogP contribution in [-0.2, 0) is 6.54 Å². The van der Waals surface area contributed by atoms with Crippen molar-refractivity contribution in [3.05, 3.63) is 55.6 Å². The second-order valence-corrected chi connectivity index (χ2v) is 3.80. The molecule has 7 heteroatoms. The Kier molecular flexibility index (Phi) is 3.09. The average Bonchev–Trinajstić information content (AvgIpc) is 3.12. The molecular formula is C12H11N7. The first-order chi connectivity index (χ1) is 9.42. The van der Waals surface area contributed by atoms with E-state index >= 15 is 0 Å². The molecule has 0 bridgehead atoms. The lowest BCUT2D eigenvalue weighted by Crippen LogP contribution is -2.19. The topological polar surface area (TPSA) is 73.8 Å². The molecule has 0 atom stereocenters. The van der Waals surface area contributed by atoms with Crippen molar-refractivity contribution in [3.63, 3.8) is 0 Å². The molecule has 0 aliphatic rings. The van der Waals surface area contributed by atoms with Crippen LogP contribution in [0.15, 0.2) is 60.6 Å². The summed E-state index contributed by atoms with van der Waals surface area (Å²) in [6, 6.07) is 9.68. The highest BCUT2D eigenvalue weighted by Crippen LogP contribution is 2.10. The number of benzene rings is 1. The molecular weight excluding hydrogens is 242 g/mol. The lowest BCUT2D eigenvalue weighted by Gasteiger charge is -2.06. The molecule has 1 aromatic carbocycles. The Morgan fingerprint density at radius 3 is 2.47 bits per heavy atom. The summed E-state index contributed by atoms with van der Waals surface area (Å²) in [5.41, 5.74) is 0.855. The van der Waals surface area contributed by atoms with Crippen LogP contribution < -0.4 is 0 Å². The summed E-state index contributed by atoms with van der Waals surface area (Å²) in [4.78, 5) is 12.4. The number of hydrogen-bond acceptors (Lipinski definition) is 5. The number of rotatable bonds is 3. The largest absolute Gasteiger partial charge is 0.245 e. The van der Waals surface area contributed by atoms with E-state index in [1.807, 2.05) is 30.3 Å². The van der Waals surface area contributed by atoms with Crippen LogP contribution in [-0.4, -0.2) is 35.4 Å². The number of para-hydroxylation sites is 1. The Labute approximate surface area is 109 Å². The van der Waals surface area contributed by atoms with Gasteiger partial charge in [-0.15, -0.1) is 0 Å². The highest BCUT2D eigenvalue weighted by atomic mass is 15.4. The van der Waals surface area contributed by atoms with E-state index in [0.717, 1.165) is 5.69 Å². The molecule has 0 saturated carbocycles. The standard InChI is InChI=1S/C12H11N7/c1-2-4-11(5-3-1)17-12(19-10-14-8-16-19)6-18-9-13-7-15-18/h1-5,7-10H,6H2. The Bertz CT molecular complexity index is 641. The van der Waals surface area contributed by atoms with Gasteiger partial charge in [0.1, 0.15) is 31.9 Å². The third-order valence-corrected chi connectivity index (χ3v) is 2.47. The van der Waals surface area contributed by atoms with Gasteiger partial charge in [0.2, 0.25) is 0 Å². The second kappa shape index (κ2) is 5.21. The number of nitrogens with zero attached hydrogens (tertiary/aromatic N) is 7. The lowest BCUT2D eigenvalue weighted by molar-refractivity contribution is 0.697. The van der Waals surface area contributed by atoms with E-state index in [1.54, 1.807) is 22.0 Å². The van der Waals surface area contributed by atoms with Gasteiger partial charge in [-0.25, -0.2) is 24.3 Å². The van der Waals surface area contributed by atoms with Crippen molar-refractivity contribution in [1.29, 1.82) is 0 Å². The van der Waals surface area contributed by atoms with Gasteiger partial charge >= 0.3 is 0 Å². The van der Waals surface area contributed by atoms with Gasteiger partial charge in [-0.05, 0) is 12.1 Å². The fourth-order valence-corrected chi connectivity index (χ4v) is 1.61. The van der Waals surface area contributed by atoms with Crippen molar-refractivity contribution >= 4 is 11.5 Å². The van der Waals surface area contributed by atoms with Crippen molar-refractivity contribution in [2.24, 2.45) is 4.99 Å². The predicted molar refractivity (Wildman–Crippen MR) is 69.0 cm³/mol. The molecule has 0 fully saturated rings. The van der Waals surface area contributed by atoms with Gasteiger partial charge in [0, 0.05) is 0 Å². The van der Waals surface area contributed by atoms with Crippen molar-refractivity contribution in [3.8, 4) is 0 Å². The predicted octanol–water partition coefficient (Wildman–Crippen LogP) is 1.15. The molecule has 19 heavy (non-hydrogen) atoms. The van der Waals surface area contributed by atoms with Crippen LogP contribution in [0.1, 0.15) is 0 Å². The van der Waals surface area contributed by atoms with Crippen LogP contribution in [0.3, 0.4) is 0 Å². The Hall–Kier alpha value is -2.83. The summed E-state index contributed by atoms with van der Waals surface area (Å²) < 4.78 is 3.30. The molecule has 3 rings (SSSR count). The third kappa shape index (κ3) is 2.71. The van der Waals surface area contributed by atoms with Crippen molar-refractivity contribution < 1.29 is 0 Å². The van der Waals surface area contributed by atoms with E-state index < -0.39 is 0 Å². The summed E-state index contributed by atoms with van der Waals surface area (Å²) in [5.74, 6) is 0.717. The molecule has 2 heterocycles. The summed E-state index contributed by atoms with van der Waals surface area (Å²) in [6.07, 6.45) is 6.21. The van der Waals surface area contributed by atoms with Crippen LogP contribution in [0.2, 0.25) is 0 Å². The van der Waals surface area contributed by atoms with E-state index in [0.29, 0.717) is 12.4 Å². The van der Waals surface area contributed by atoms with Crippen molar-refractivity contribution in [2.75, 3.05) is 0 Å². The van der Waals surface area contributed by atoms with Gasteiger partial charge in [-0.3, -0.25) is 0 Å². The lowest BCUT2D eigenvalue weighted by atomic mass is 10.3. The molecule has 94 valence electrons. The van der Waals surface area contributed by atoms with Gasteiger partial charge in [0.25, 0.3) is 0 Å². The van der Waals surface area contributed by atoms with E-state index in [4.69, 9.17) is 0 Å². The summed E-state index contributed by atoms with van der Waals surface area (Å²) in [6.45, 7) is 0.470. The van der Waals surface area contributed by atoms with Gasteiger partial charge in [0.05, 0.1) is 5.69 Å². The molecule has 0 amide bonds. The van der Waals surface area contributed by atoms with E-state index in [2.05, 4.69) is 25.2 Å². The zero-order valence-electron chi connectivity index (χ0n) is 10.0. The number of aromatic nitrogens is 6. The van der Waals surface area contributed by atoms with Crippen LogP contribution in [0, 0.1) is 0 Å². The van der Waals surface area contributed by atoms with Crippen LogP contribution >= 0.6 is 0 Å². The van der Waals surface area contributed by atoms with Crippen LogP contribution in [0.4, 0.5) is 5.69 Å². The summed E-state index contributed by atoms with van der Waals surface area (Å²) in [5, 5.41) is 8.18. The Morgan fingerprint density at radius 2 is 1.79 bits per heavy atom. The van der Waals surface area contributed by atoms with Crippen LogP contribution in [0.25, 0.3) is 0 Å². The zero-order valence-corrected chi connectivity index (χ0v) is 10.0. The first kappa shape index (κ1) is 11.3. The maximum absolute atomic E-state index is 4.56. The minimum atomic E-state index is 0.470. The highest BCUT2D eigenvalue weighted by Gasteiger charge is 2.05. The Morgan fingerprint density at radius 1 is 1.00 bits per heavy atom. The molecule has 2 aromatic heterocycles. The maximum atomic E-state index is 4.56. The fourth-order valence-electron chi connectivity index (χ4n) is 1.61. The van der Waals surface area contributed by atoms with Crippen molar-refractivity contribution in [1.82, 2.24) is 29.5 Å². The average molecular weight is 253 g/mol. The zero-order chi connectivity index (χ0) is 12.9. The number of hydrogen-bond donors (Lipinski definition) is 0. The highest BCUT2D eigenvalue weighted by molar-refractivity contribution is 5.85. The molecule has 0 aliphatic heterocycles. The molecule has 0 unspecified atom stereocenters. The number of aliphatic imine (C=N–C) groups is 1. The van der Waals surface area contributed by atoms with E-state index in [-0.39, 0.29) is 0 Å². The molecule has 0 N–H and O–H groups in total. The minimum Gasteiger partial charge on any atom is -0.245 e. The Balaban J connectivity index is 1.95. The monoisotopic (exact) mass is 253 g/mol. The quantitative estimate of drug-likeness (QED) is 0.518. The molecule has 0 radical (unpaired) electrons. The van der Waals surface area contributed by atoms with Crippen LogP contribution in [0.5, 0.6) is 0 Å². The molecule has 0 saturated heterocycles. The normalized spacial score (nSPS) is 11.7. The summed E-state index contributed by atoms with van der Waals surface area (Å²) >= 11 is 0. The van der Waals surface area contributed by atoms with Gasteiger partial charge < -0.3 is 0 Å². The van der Waals surface area contributed by atoms with Gasteiger partial charge in [-0.1, -0.05) is 18.2 Å². The van der Waals surface area contributed by atoms with Gasteiger partial charge in [-0.2, -0.15) is 10.2 Å². The van der Waals surface area contributed by atoms with Gasteiger partial charge in [0.15, 0.2) is 5.84 Å². The molecule has 7 nitrogen and oxygen atoms in total. The molecule has 3 aromatic rings. The fraction of sp³-hybridized carbons (Fsp3) is 0.0833.